The van der Waals surface area contributed by atoms with E-state index in [1.54, 1.807) is 49.4 Å². The number of para-hydroxylation sites is 2. The van der Waals surface area contributed by atoms with Gasteiger partial charge in [-0.1, -0.05) is 18.2 Å². The molecule has 128 valence electrons. The van der Waals surface area contributed by atoms with Crippen molar-refractivity contribution in [1.29, 1.82) is 0 Å². The van der Waals surface area contributed by atoms with Crippen molar-refractivity contribution >= 4 is 28.7 Å². The highest BCUT2D eigenvalue weighted by atomic mass is 16.5. The summed E-state index contributed by atoms with van der Waals surface area (Å²) in [5.41, 5.74) is 1.71. The molecule has 0 bridgehead atoms. The average molecular weight is 340 g/mol. The van der Waals surface area contributed by atoms with Gasteiger partial charge in [-0.15, -0.1) is 0 Å². The SMILES string of the molecule is COC(=O)c1cccc(NC(=O)[C@@H](C)n2c(=O)oc3ccccc32)c1. The van der Waals surface area contributed by atoms with Crippen LogP contribution in [0.15, 0.2) is 57.7 Å². The van der Waals surface area contributed by atoms with Gasteiger partial charge in [0.2, 0.25) is 5.91 Å². The van der Waals surface area contributed by atoms with E-state index in [4.69, 9.17) is 4.42 Å². The fourth-order valence-electron chi connectivity index (χ4n) is 2.56. The van der Waals surface area contributed by atoms with Crippen molar-refractivity contribution in [3.05, 3.63) is 64.6 Å². The smallest absolute Gasteiger partial charge is 0.420 e. The molecule has 0 saturated heterocycles. The number of rotatable bonds is 4. The molecule has 1 amide bonds. The second-order valence-electron chi connectivity index (χ2n) is 5.44. The molecule has 0 aliphatic heterocycles. The Hall–Kier alpha value is -3.35. The number of hydrogen-bond acceptors (Lipinski definition) is 5. The lowest BCUT2D eigenvalue weighted by molar-refractivity contribution is -0.118. The van der Waals surface area contributed by atoms with Crippen molar-refractivity contribution < 1.29 is 18.7 Å². The monoisotopic (exact) mass is 340 g/mol. The summed E-state index contributed by atoms with van der Waals surface area (Å²) in [6.07, 6.45) is 0. The molecule has 0 aliphatic rings. The van der Waals surface area contributed by atoms with Crippen molar-refractivity contribution in [3.63, 3.8) is 0 Å². The van der Waals surface area contributed by atoms with Crippen LogP contribution in [0.5, 0.6) is 0 Å². The first-order valence-corrected chi connectivity index (χ1v) is 7.60. The van der Waals surface area contributed by atoms with E-state index in [1.807, 2.05) is 0 Å². The summed E-state index contributed by atoms with van der Waals surface area (Å²) < 4.78 is 11.1. The summed E-state index contributed by atoms with van der Waals surface area (Å²) >= 11 is 0. The van der Waals surface area contributed by atoms with Gasteiger partial charge in [0.15, 0.2) is 5.58 Å². The first-order valence-electron chi connectivity index (χ1n) is 7.60. The number of oxazole rings is 1. The van der Waals surface area contributed by atoms with Crippen molar-refractivity contribution in [3.8, 4) is 0 Å². The minimum Gasteiger partial charge on any atom is -0.465 e. The summed E-state index contributed by atoms with van der Waals surface area (Å²) in [6.45, 7) is 1.60. The fourth-order valence-corrected chi connectivity index (χ4v) is 2.56. The van der Waals surface area contributed by atoms with Gasteiger partial charge in [0.05, 0.1) is 18.2 Å². The van der Waals surface area contributed by atoms with Gasteiger partial charge in [-0.05, 0) is 37.3 Å². The molecular weight excluding hydrogens is 324 g/mol. The molecule has 0 saturated carbocycles. The number of aromatic nitrogens is 1. The number of anilines is 1. The lowest BCUT2D eigenvalue weighted by atomic mass is 10.2. The lowest BCUT2D eigenvalue weighted by Crippen LogP contribution is -2.29. The molecule has 2 aromatic carbocycles. The molecule has 7 heteroatoms. The van der Waals surface area contributed by atoms with E-state index in [-0.39, 0.29) is 0 Å². The molecule has 0 spiro atoms. The van der Waals surface area contributed by atoms with Gasteiger partial charge in [-0.2, -0.15) is 0 Å². The maximum Gasteiger partial charge on any atom is 0.420 e. The standard InChI is InChI=1S/C18H16N2O5/c1-11(20-14-8-3-4-9-15(14)25-18(20)23)16(21)19-13-7-5-6-12(10-13)17(22)24-2/h3-11H,1-2H3,(H,19,21)/t11-/m1/s1. The molecule has 3 rings (SSSR count). The van der Waals surface area contributed by atoms with E-state index in [0.29, 0.717) is 22.4 Å². The van der Waals surface area contributed by atoms with E-state index in [9.17, 15) is 14.4 Å². The van der Waals surface area contributed by atoms with Crippen LogP contribution in [0.4, 0.5) is 5.69 Å². The van der Waals surface area contributed by atoms with Gasteiger partial charge in [0.25, 0.3) is 0 Å². The third-order valence-corrected chi connectivity index (χ3v) is 3.84. The van der Waals surface area contributed by atoms with Crippen LogP contribution in [-0.4, -0.2) is 23.6 Å². The van der Waals surface area contributed by atoms with E-state index in [2.05, 4.69) is 10.1 Å². The number of benzene rings is 2. The summed E-state index contributed by atoms with van der Waals surface area (Å²) in [5, 5.41) is 2.69. The van der Waals surface area contributed by atoms with Gasteiger partial charge in [0, 0.05) is 5.69 Å². The summed E-state index contributed by atoms with van der Waals surface area (Å²) in [7, 11) is 1.28. The molecule has 1 aromatic heterocycles. The Kier molecular flexibility index (Phi) is 4.38. The maximum atomic E-state index is 12.5. The van der Waals surface area contributed by atoms with Gasteiger partial charge in [-0.3, -0.25) is 9.36 Å². The zero-order valence-corrected chi connectivity index (χ0v) is 13.7. The lowest BCUT2D eigenvalue weighted by Gasteiger charge is -2.13. The van der Waals surface area contributed by atoms with Crippen LogP contribution in [0.1, 0.15) is 23.3 Å². The highest BCUT2D eigenvalue weighted by molar-refractivity contribution is 5.96. The summed E-state index contributed by atoms with van der Waals surface area (Å²) in [4.78, 5) is 36.2. The molecule has 1 atom stereocenters. The number of hydrogen-bond donors (Lipinski definition) is 1. The van der Waals surface area contributed by atoms with Crippen LogP contribution in [0, 0.1) is 0 Å². The molecule has 1 heterocycles. The highest BCUT2D eigenvalue weighted by Crippen LogP contribution is 2.19. The van der Waals surface area contributed by atoms with Gasteiger partial charge in [0.1, 0.15) is 6.04 Å². The summed E-state index contributed by atoms with van der Waals surface area (Å²) in [5.74, 6) is -1.51. The molecule has 0 fully saturated rings. The first kappa shape index (κ1) is 16.5. The molecule has 7 nitrogen and oxygen atoms in total. The fraction of sp³-hybridized carbons (Fsp3) is 0.167. The Labute approximate surface area is 142 Å². The highest BCUT2D eigenvalue weighted by Gasteiger charge is 2.21. The van der Waals surface area contributed by atoms with Crippen LogP contribution < -0.4 is 11.1 Å². The number of fused-ring (bicyclic) bond motifs is 1. The predicted molar refractivity (Wildman–Crippen MR) is 91.6 cm³/mol. The van der Waals surface area contributed by atoms with Gasteiger partial charge in [-0.25, -0.2) is 9.59 Å². The number of ether oxygens (including phenoxy) is 1. The zero-order chi connectivity index (χ0) is 18.0. The van der Waals surface area contributed by atoms with E-state index in [1.165, 1.54) is 17.7 Å². The van der Waals surface area contributed by atoms with Crippen molar-refractivity contribution in [1.82, 2.24) is 4.57 Å². The third-order valence-electron chi connectivity index (χ3n) is 3.84. The Balaban J connectivity index is 1.87. The van der Waals surface area contributed by atoms with Crippen molar-refractivity contribution in [2.75, 3.05) is 12.4 Å². The molecular formula is C18H16N2O5. The number of amides is 1. The molecule has 25 heavy (non-hydrogen) atoms. The van der Waals surface area contributed by atoms with Crippen LogP contribution in [0.3, 0.4) is 0 Å². The molecule has 1 N–H and O–H groups in total. The van der Waals surface area contributed by atoms with E-state index in [0.717, 1.165) is 0 Å². The second kappa shape index (κ2) is 6.64. The summed E-state index contributed by atoms with van der Waals surface area (Å²) in [6, 6.07) is 12.5. The van der Waals surface area contributed by atoms with Crippen LogP contribution in [0.25, 0.3) is 11.1 Å². The largest absolute Gasteiger partial charge is 0.465 e. The third kappa shape index (κ3) is 3.16. The molecule has 3 aromatic rings. The average Bonchev–Trinajstić information content (AvgIpc) is 2.96. The van der Waals surface area contributed by atoms with Gasteiger partial charge >= 0.3 is 11.7 Å². The minimum absolute atomic E-state index is 0.318. The number of nitrogens with zero attached hydrogens (tertiary/aromatic N) is 1. The Morgan fingerprint density at radius 1 is 1.16 bits per heavy atom. The number of carbonyl (C=O) groups is 2. The molecule has 0 aliphatic carbocycles. The van der Waals surface area contributed by atoms with Crippen LogP contribution >= 0.6 is 0 Å². The normalized spacial score (nSPS) is 11.9. The second-order valence-corrected chi connectivity index (χ2v) is 5.44. The first-order chi connectivity index (χ1) is 12.0. The van der Waals surface area contributed by atoms with Crippen molar-refractivity contribution in [2.45, 2.75) is 13.0 Å². The minimum atomic E-state index is -0.794. The Bertz CT molecular complexity index is 1000. The van der Waals surface area contributed by atoms with Crippen LogP contribution in [0.2, 0.25) is 0 Å². The molecule has 0 radical (unpaired) electrons. The van der Waals surface area contributed by atoms with Crippen molar-refractivity contribution in [2.24, 2.45) is 0 Å². The Morgan fingerprint density at radius 3 is 2.68 bits per heavy atom. The predicted octanol–water partition coefficient (Wildman–Crippen LogP) is 2.58. The topological polar surface area (TPSA) is 90.5 Å². The number of esters is 1. The number of nitrogens with one attached hydrogen (secondary N) is 1. The van der Waals surface area contributed by atoms with E-state index >= 15 is 0 Å². The van der Waals surface area contributed by atoms with Gasteiger partial charge < -0.3 is 14.5 Å². The Morgan fingerprint density at radius 2 is 1.92 bits per heavy atom. The number of methoxy groups -OCH3 is 1. The molecule has 0 unspecified atom stereocenters. The maximum absolute atomic E-state index is 12.5. The number of carbonyl (C=O) groups excluding carboxylic acids is 2. The van der Waals surface area contributed by atoms with E-state index < -0.39 is 23.7 Å². The van der Waals surface area contributed by atoms with Crippen LogP contribution in [-0.2, 0) is 9.53 Å². The quantitative estimate of drug-likeness (QED) is 0.737. The zero-order valence-electron chi connectivity index (χ0n) is 13.7.